The van der Waals surface area contributed by atoms with Crippen LogP contribution in [-0.4, -0.2) is 4.98 Å². The minimum absolute atomic E-state index is 0.241. The summed E-state index contributed by atoms with van der Waals surface area (Å²) < 4.78 is 16.5. The number of aromatic amines is 1. The van der Waals surface area contributed by atoms with Crippen LogP contribution in [0.5, 0.6) is 0 Å². The molecule has 0 aliphatic heterocycles. The minimum atomic E-state index is -0.241. The molecule has 0 radical (unpaired) electrons. The molecule has 9 rings (SSSR count). The molecular weight excluding hydrogens is 511 g/mol. The van der Waals surface area contributed by atoms with Gasteiger partial charge >= 0.3 is 0 Å². The van der Waals surface area contributed by atoms with Crippen molar-refractivity contribution in [3.63, 3.8) is 0 Å². The second-order valence-electron chi connectivity index (χ2n) is 10.4. The van der Waals surface area contributed by atoms with E-state index in [1.54, 1.807) is 12.1 Å². The molecule has 0 amide bonds. The Bertz CT molecular complexity index is 2390. The van der Waals surface area contributed by atoms with Crippen LogP contribution in [0.2, 0.25) is 0 Å². The van der Waals surface area contributed by atoms with Gasteiger partial charge in [-0.1, -0.05) is 72.8 Å². The Kier molecular flexibility index (Phi) is 4.41. The Hall–Kier alpha value is -4.93. The van der Waals surface area contributed by atoms with Crippen molar-refractivity contribution in [3.8, 4) is 0 Å². The number of halogens is 1. The summed E-state index contributed by atoms with van der Waals surface area (Å²) in [7, 11) is 0. The van der Waals surface area contributed by atoms with Gasteiger partial charge in [0.15, 0.2) is 0 Å². The molecule has 0 saturated heterocycles. The van der Waals surface area contributed by atoms with E-state index < -0.39 is 0 Å². The van der Waals surface area contributed by atoms with Crippen molar-refractivity contribution in [2.24, 2.45) is 0 Å². The van der Waals surface area contributed by atoms with Gasteiger partial charge in [-0.3, -0.25) is 0 Å². The normalized spacial score (nSPS) is 12.1. The summed E-state index contributed by atoms with van der Waals surface area (Å²) in [5.74, 6) is -0.241. The van der Waals surface area contributed by atoms with Crippen molar-refractivity contribution in [3.05, 3.63) is 127 Å². The van der Waals surface area contributed by atoms with Crippen molar-refractivity contribution < 1.29 is 4.39 Å². The summed E-state index contributed by atoms with van der Waals surface area (Å²) in [5.41, 5.74) is 5.43. The van der Waals surface area contributed by atoms with E-state index in [1.165, 1.54) is 58.1 Å². The Balaban J connectivity index is 1.39. The van der Waals surface area contributed by atoms with Crippen molar-refractivity contribution in [2.75, 3.05) is 4.90 Å². The number of hydrogen-bond acceptors (Lipinski definition) is 2. The van der Waals surface area contributed by atoms with E-state index in [4.69, 9.17) is 0 Å². The molecule has 40 heavy (non-hydrogen) atoms. The molecule has 0 aliphatic rings. The van der Waals surface area contributed by atoms with Gasteiger partial charge in [0.2, 0.25) is 0 Å². The lowest BCUT2D eigenvalue weighted by molar-refractivity contribution is 0.628. The zero-order valence-electron chi connectivity index (χ0n) is 21.3. The molecule has 0 saturated carbocycles. The number of rotatable bonds is 3. The first-order valence-corrected chi connectivity index (χ1v) is 14.2. The van der Waals surface area contributed by atoms with Gasteiger partial charge in [0.1, 0.15) is 5.82 Å². The maximum Gasteiger partial charge on any atom is 0.123 e. The highest BCUT2D eigenvalue weighted by Crippen LogP contribution is 2.49. The Morgan fingerprint density at radius 3 is 2.23 bits per heavy atom. The van der Waals surface area contributed by atoms with Crippen LogP contribution in [0.25, 0.3) is 63.5 Å². The molecule has 9 aromatic rings. The molecular formula is C36H21FN2S. The van der Waals surface area contributed by atoms with E-state index in [0.717, 1.165) is 22.4 Å². The number of anilines is 3. The number of thiophene rings is 1. The highest BCUT2D eigenvalue weighted by Gasteiger charge is 2.22. The standard InChI is InChI=1S/C36H21FN2S/c37-23-15-17-24(18-16-23)39(30-12-4-7-21-6-1-2-9-25(21)30)31-13-5-10-27-34-26-19-14-22-8-3-11-28-33(22)35(26)29(38-28)20-32(34)40-36(27)31/h1-20,38H. The van der Waals surface area contributed by atoms with E-state index in [-0.39, 0.29) is 5.82 Å². The highest BCUT2D eigenvalue weighted by molar-refractivity contribution is 7.26. The number of nitrogens with zero attached hydrogens (tertiary/aromatic N) is 1. The second kappa shape index (κ2) is 8.04. The molecule has 2 nitrogen and oxygen atoms in total. The van der Waals surface area contributed by atoms with Gasteiger partial charge in [-0.05, 0) is 64.7 Å². The summed E-state index contributed by atoms with van der Waals surface area (Å²) in [6.45, 7) is 0. The van der Waals surface area contributed by atoms with Gasteiger partial charge in [-0.15, -0.1) is 11.3 Å². The molecule has 0 aliphatic carbocycles. The summed E-state index contributed by atoms with van der Waals surface area (Å²) in [5, 5.41) is 9.98. The van der Waals surface area contributed by atoms with Crippen LogP contribution >= 0.6 is 11.3 Å². The zero-order chi connectivity index (χ0) is 26.4. The largest absolute Gasteiger partial charge is 0.354 e. The summed E-state index contributed by atoms with van der Waals surface area (Å²) in [6.07, 6.45) is 0. The fraction of sp³-hybridized carbons (Fsp3) is 0. The van der Waals surface area contributed by atoms with Crippen LogP contribution in [0.15, 0.2) is 121 Å². The Morgan fingerprint density at radius 2 is 1.30 bits per heavy atom. The van der Waals surface area contributed by atoms with Gasteiger partial charge in [0.05, 0.1) is 16.1 Å². The molecule has 188 valence electrons. The van der Waals surface area contributed by atoms with Crippen molar-refractivity contribution in [1.29, 1.82) is 0 Å². The van der Waals surface area contributed by atoms with Crippen molar-refractivity contribution >= 4 is 91.9 Å². The van der Waals surface area contributed by atoms with Gasteiger partial charge < -0.3 is 9.88 Å². The van der Waals surface area contributed by atoms with Crippen LogP contribution in [0, 0.1) is 5.82 Å². The van der Waals surface area contributed by atoms with Crippen LogP contribution in [0.3, 0.4) is 0 Å². The Morgan fingerprint density at radius 1 is 0.550 bits per heavy atom. The molecule has 0 atom stereocenters. The topological polar surface area (TPSA) is 19.0 Å². The SMILES string of the molecule is Fc1ccc(N(c2cccc3ccccc23)c2cccc3c2sc2cc4[nH]c5cccc6ccc(c23)c4c65)cc1. The number of H-pyrrole nitrogens is 1. The number of fused-ring (bicyclic) bond motifs is 5. The van der Waals surface area contributed by atoms with E-state index in [0.29, 0.717) is 0 Å². The van der Waals surface area contributed by atoms with Crippen LogP contribution in [0.4, 0.5) is 21.5 Å². The van der Waals surface area contributed by atoms with Gasteiger partial charge in [0, 0.05) is 48.4 Å². The summed E-state index contributed by atoms with van der Waals surface area (Å²) in [4.78, 5) is 5.95. The predicted octanol–water partition coefficient (Wildman–Crippen LogP) is 11.0. The molecule has 0 fully saturated rings. The average Bonchev–Trinajstić information content (AvgIpc) is 3.56. The van der Waals surface area contributed by atoms with E-state index in [1.807, 2.05) is 23.5 Å². The summed E-state index contributed by atoms with van der Waals surface area (Å²) >= 11 is 1.82. The molecule has 0 bridgehead atoms. The maximum absolute atomic E-state index is 14.1. The maximum atomic E-state index is 14.1. The van der Waals surface area contributed by atoms with Crippen molar-refractivity contribution in [1.82, 2.24) is 4.98 Å². The fourth-order valence-electron chi connectivity index (χ4n) is 6.50. The van der Waals surface area contributed by atoms with Crippen molar-refractivity contribution in [2.45, 2.75) is 0 Å². The quantitative estimate of drug-likeness (QED) is 0.224. The average molecular weight is 533 g/mol. The lowest BCUT2D eigenvalue weighted by Gasteiger charge is -2.27. The highest BCUT2D eigenvalue weighted by atomic mass is 32.1. The minimum Gasteiger partial charge on any atom is -0.354 e. The smallest absolute Gasteiger partial charge is 0.123 e. The van der Waals surface area contributed by atoms with Gasteiger partial charge in [-0.2, -0.15) is 0 Å². The third-order valence-electron chi connectivity index (χ3n) is 8.18. The first-order chi connectivity index (χ1) is 19.7. The van der Waals surface area contributed by atoms with E-state index in [9.17, 15) is 4.39 Å². The van der Waals surface area contributed by atoms with Gasteiger partial charge in [-0.25, -0.2) is 4.39 Å². The number of benzene rings is 7. The zero-order valence-corrected chi connectivity index (χ0v) is 22.1. The summed E-state index contributed by atoms with van der Waals surface area (Å²) in [6, 6.07) is 41.5. The third-order valence-corrected chi connectivity index (χ3v) is 9.36. The predicted molar refractivity (Wildman–Crippen MR) is 170 cm³/mol. The fourth-order valence-corrected chi connectivity index (χ4v) is 7.76. The third kappa shape index (κ3) is 2.97. The second-order valence-corrected chi connectivity index (χ2v) is 11.4. The molecule has 1 N–H and O–H groups in total. The molecule has 0 unspecified atom stereocenters. The van der Waals surface area contributed by atoms with E-state index >= 15 is 0 Å². The molecule has 0 spiro atoms. The first-order valence-electron chi connectivity index (χ1n) is 13.4. The molecule has 2 heterocycles. The molecule has 7 aromatic carbocycles. The molecule has 4 heteroatoms. The number of aromatic nitrogens is 1. The van der Waals surface area contributed by atoms with Crippen LogP contribution in [0.1, 0.15) is 0 Å². The first kappa shape index (κ1) is 21.9. The monoisotopic (exact) mass is 532 g/mol. The number of nitrogens with one attached hydrogen (secondary N) is 1. The van der Waals surface area contributed by atoms with Gasteiger partial charge in [0.25, 0.3) is 0 Å². The Labute approximate surface area is 232 Å². The molecule has 2 aromatic heterocycles. The number of hydrogen-bond donors (Lipinski definition) is 1. The lowest BCUT2D eigenvalue weighted by atomic mass is 9.98. The lowest BCUT2D eigenvalue weighted by Crippen LogP contribution is -2.10. The van der Waals surface area contributed by atoms with E-state index in [2.05, 4.69) is 107 Å². The van der Waals surface area contributed by atoms with Crippen LogP contribution < -0.4 is 4.90 Å². The van der Waals surface area contributed by atoms with Crippen LogP contribution in [-0.2, 0) is 0 Å².